The van der Waals surface area contributed by atoms with Gasteiger partial charge in [0.15, 0.2) is 5.72 Å². The normalized spacial score (nSPS) is 27.0. The lowest BCUT2D eigenvalue weighted by Crippen LogP contribution is -2.56. The molecular formula is C20H22FNO4. The molecule has 3 N–H and O–H groups in total. The van der Waals surface area contributed by atoms with Gasteiger partial charge in [0.2, 0.25) is 0 Å². The Morgan fingerprint density at radius 3 is 2.42 bits per heavy atom. The van der Waals surface area contributed by atoms with Gasteiger partial charge in [-0.05, 0) is 37.1 Å². The van der Waals surface area contributed by atoms with Crippen LogP contribution < -0.4 is 4.74 Å². The number of piperidine rings is 1. The van der Waals surface area contributed by atoms with Crippen molar-refractivity contribution in [2.75, 3.05) is 13.1 Å². The Morgan fingerprint density at radius 2 is 1.73 bits per heavy atom. The van der Waals surface area contributed by atoms with Gasteiger partial charge in [-0.2, -0.15) is 0 Å². The number of nitrogens with zero attached hydrogens (tertiary/aromatic N) is 1. The Kier molecular flexibility index (Phi) is 4.34. The molecule has 0 amide bonds. The average Bonchev–Trinajstić information content (AvgIpc) is 2.62. The average molecular weight is 359 g/mol. The van der Waals surface area contributed by atoms with E-state index in [1.54, 1.807) is 18.2 Å². The van der Waals surface area contributed by atoms with E-state index in [1.165, 1.54) is 24.3 Å². The second-order valence-corrected chi connectivity index (χ2v) is 7.05. The Morgan fingerprint density at radius 1 is 1.04 bits per heavy atom. The molecule has 0 spiro atoms. The van der Waals surface area contributed by atoms with Crippen molar-refractivity contribution >= 4 is 0 Å². The summed E-state index contributed by atoms with van der Waals surface area (Å²) >= 11 is 0. The van der Waals surface area contributed by atoms with Crippen molar-refractivity contribution in [1.82, 2.24) is 4.90 Å². The summed E-state index contributed by atoms with van der Waals surface area (Å²) in [5.74, 6) is 0.131. The summed E-state index contributed by atoms with van der Waals surface area (Å²) in [7, 11) is 0. The highest BCUT2D eigenvalue weighted by atomic mass is 19.1. The van der Waals surface area contributed by atoms with Crippen LogP contribution in [0.1, 0.15) is 36.5 Å². The van der Waals surface area contributed by atoms with E-state index in [2.05, 4.69) is 4.90 Å². The van der Waals surface area contributed by atoms with Crippen LogP contribution in [0.4, 0.5) is 4.39 Å². The third kappa shape index (κ3) is 2.94. The maximum Gasteiger partial charge on any atom is 0.192 e. The van der Waals surface area contributed by atoms with Gasteiger partial charge in [-0.15, -0.1) is 0 Å². The minimum Gasteiger partial charge on any atom is -0.508 e. The molecule has 2 aromatic rings. The van der Waals surface area contributed by atoms with Crippen molar-refractivity contribution in [3.8, 4) is 11.5 Å². The second-order valence-electron chi connectivity index (χ2n) is 7.05. The van der Waals surface area contributed by atoms with Crippen molar-refractivity contribution < 1.29 is 24.4 Å². The molecule has 6 heteroatoms. The first-order valence-electron chi connectivity index (χ1n) is 8.87. The van der Waals surface area contributed by atoms with E-state index in [9.17, 15) is 19.7 Å². The molecule has 1 saturated heterocycles. The maximum atomic E-state index is 13.5. The molecule has 26 heavy (non-hydrogen) atoms. The fraction of sp³-hybridized carbons (Fsp3) is 0.400. The number of phenolic OH excluding ortho intramolecular Hbond substituents is 1. The zero-order valence-electron chi connectivity index (χ0n) is 14.3. The summed E-state index contributed by atoms with van der Waals surface area (Å²) in [4.78, 5) is 2.09. The van der Waals surface area contributed by atoms with Crippen molar-refractivity contribution in [2.45, 2.75) is 37.2 Å². The van der Waals surface area contributed by atoms with E-state index in [0.29, 0.717) is 37.2 Å². The number of aliphatic hydroxyl groups excluding tert-OH is 2. The first-order chi connectivity index (χ1) is 12.5. The predicted octanol–water partition coefficient (Wildman–Crippen LogP) is 2.66. The van der Waals surface area contributed by atoms with Crippen molar-refractivity contribution in [1.29, 1.82) is 0 Å². The highest BCUT2D eigenvalue weighted by Crippen LogP contribution is 2.48. The fourth-order valence-electron chi connectivity index (χ4n) is 3.97. The summed E-state index contributed by atoms with van der Waals surface area (Å²) in [5.41, 5.74) is 0.384. The van der Waals surface area contributed by atoms with Gasteiger partial charge in [0.05, 0.1) is 12.2 Å². The topological polar surface area (TPSA) is 73.2 Å². The molecule has 0 saturated carbocycles. The molecule has 0 aromatic heterocycles. The molecule has 0 radical (unpaired) electrons. The van der Waals surface area contributed by atoms with Gasteiger partial charge >= 0.3 is 0 Å². The first kappa shape index (κ1) is 17.3. The molecule has 2 heterocycles. The summed E-state index contributed by atoms with van der Waals surface area (Å²) in [6, 6.07) is 10.8. The number of benzene rings is 2. The zero-order chi connectivity index (χ0) is 18.3. The van der Waals surface area contributed by atoms with Crippen molar-refractivity contribution in [3.05, 3.63) is 59.4 Å². The lowest BCUT2D eigenvalue weighted by atomic mass is 9.87. The predicted molar refractivity (Wildman–Crippen MR) is 93.2 cm³/mol. The lowest BCUT2D eigenvalue weighted by Gasteiger charge is -2.49. The molecular weight excluding hydrogens is 337 g/mol. The van der Waals surface area contributed by atoms with Gasteiger partial charge in [0.25, 0.3) is 0 Å². The molecule has 5 nitrogen and oxygen atoms in total. The van der Waals surface area contributed by atoms with Gasteiger partial charge in [0.1, 0.15) is 17.3 Å². The standard InChI is InChI=1S/C20H22FNO4/c21-14-3-1-13(2-4-14)20(22-9-7-15(23)8-10-22)12-18(25)17-6-5-16(24)11-19(17)26-20/h1-6,11,15,18,23-25H,7-10,12H2. The molecule has 2 atom stereocenters. The zero-order valence-corrected chi connectivity index (χ0v) is 14.3. The molecule has 2 aliphatic rings. The number of halogens is 1. The smallest absolute Gasteiger partial charge is 0.192 e. The van der Waals surface area contributed by atoms with E-state index in [1.807, 2.05) is 0 Å². The Bertz CT molecular complexity index is 789. The van der Waals surface area contributed by atoms with Crippen molar-refractivity contribution in [2.24, 2.45) is 0 Å². The van der Waals surface area contributed by atoms with E-state index >= 15 is 0 Å². The summed E-state index contributed by atoms with van der Waals surface area (Å²) in [6.07, 6.45) is 0.370. The van der Waals surface area contributed by atoms with Crippen LogP contribution in [0, 0.1) is 5.82 Å². The Balaban J connectivity index is 1.80. The van der Waals surface area contributed by atoms with Crippen LogP contribution in [0.2, 0.25) is 0 Å². The second kappa shape index (κ2) is 6.54. The number of aliphatic hydroxyl groups is 2. The summed E-state index contributed by atoms with van der Waals surface area (Å²) in [5, 5.41) is 30.5. The summed E-state index contributed by atoms with van der Waals surface area (Å²) < 4.78 is 19.8. The highest BCUT2D eigenvalue weighted by Gasteiger charge is 2.47. The Labute approximate surface area is 151 Å². The fourth-order valence-corrected chi connectivity index (χ4v) is 3.97. The van der Waals surface area contributed by atoms with Crippen LogP contribution in [0.3, 0.4) is 0 Å². The van der Waals surface area contributed by atoms with Crippen LogP contribution >= 0.6 is 0 Å². The van der Waals surface area contributed by atoms with Crippen molar-refractivity contribution in [3.63, 3.8) is 0 Å². The quantitative estimate of drug-likeness (QED) is 0.769. The highest BCUT2D eigenvalue weighted by molar-refractivity contribution is 5.44. The monoisotopic (exact) mass is 359 g/mol. The number of rotatable bonds is 2. The minimum atomic E-state index is -0.978. The molecule has 0 aliphatic carbocycles. The Hall–Kier alpha value is -2.15. The number of fused-ring (bicyclic) bond motifs is 1. The number of hydrogen-bond acceptors (Lipinski definition) is 5. The van der Waals surface area contributed by atoms with Gasteiger partial charge in [-0.25, -0.2) is 4.39 Å². The largest absolute Gasteiger partial charge is 0.508 e. The third-order valence-corrected chi connectivity index (χ3v) is 5.38. The number of phenols is 1. The van der Waals surface area contributed by atoms with Crippen LogP contribution in [-0.4, -0.2) is 39.4 Å². The molecule has 2 unspecified atom stereocenters. The number of ether oxygens (including phenoxy) is 1. The molecule has 138 valence electrons. The van der Waals surface area contributed by atoms with Gasteiger partial charge in [-0.1, -0.05) is 12.1 Å². The van der Waals surface area contributed by atoms with Gasteiger partial charge in [0, 0.05) is 36.7 Å². The number of hydrogen-bond donors (Lipinski definition) is 3. The van der Waals surface area contributed by atoms with Crippen LogP contribution in [0.15, 0.2) is 42.5 Å². The molecule has 1 fully saturated rings. The molecule has 4 rings (SSSR count). The molecule has 0 bridgehead atoms. The molecule has 2 aromatic carbocycles. The van der Waals surface area contributed by atoms with Crippen LogP contribution in [0.5, 0.6) is 11.5 Å². The number of likely N-dealkylation sites (tertiary alicyclic amines) is 1. The SMILES string of the molecule is Oc1ccc2c(c1)OC(c1ccc(F)cc1)(N1CCC(O)CC1)CC2O. The van der Waals surface area contributed by atoms with E-state index in [4.69, 9.17) is 4.74 Å². The lowest BCUT2D eigenvalue weighted by molar-refractivity contribution is -0.148. The van der Waals surface area contributed by atoms with Gasteiger partial charge < -0.3 is 20.1 Å². The maximum absolute atomic E-state index is 13.5. The van der Waals surface area contributed by atoms with Gasteiger partial charge in [-0.3, -0.25) is 4.90 Å². The van der Waals surface area contributed by atoms with Crippen LogP contribution in [-0.2, 0) is 5.72 Å². The number of aromatic hydroxyl groups is 1. The van der Waals surface area contributed by atoms with Crippen LogP contribution in [0.25, 0.3) is 0 Å². The molecule has 2 aliphatic heterocycles. The van der Waals surface area contributed by atoms with E-state index in [0.717, 1.165) is 5.56 Å². The van der Waals surface area contributed by atoms with E-state index < -0.39 is 11.8 Å². The summed E-state index contributed by atoms with van der Waals surface area (Å²) in [6.45, 7) is 1.19. The van der Waals surface area contributed by atoms with E-state index in [-0.39, 0.29) is 24.1 Å². The first-order valence-corrected chi connectivity index (χ1v) is 8.87. The minimum absolute atomic E-state index is 0.0555. The third-order valence-electron chi connectivity index (χ3n) is 5.38.